The van der Waals surface area contributed by atoms with Gasteiger partial charge in [-0.2, -0.15) is 0 Å². The number of carbonyl (C=O) groups excluding carboxylic acids is 1. The van der Waals surface area contributed by atoms with Crippen LogP contribution in [0.3, 0.4) is 0 Å². The first-order valence-electron chi connectivity index (χ1n) is 7.48. The second-order valence-corrected chi connectivity index (χ2v) is 5.48. The number of fused-ring (bicyclic) bond motifs is 2. The van der Waals surface area contributed by atoms with Crippen molar-refractivity contribution in [3.05, 3.63) is 23.8 Å². The monoisotopic (exact) mass is 275 g/mol. The molecular weight excluding hydrogens is 254 g/mol. The Kier molecular flexibility index (Phi) is 3.81. The average molecular weight is 275 g/mol. The van der Waals surface area contributed by atoms with Crippen molar-refractivity contribution in [2.45, 2.75) is 38.5 Å². The van der Waals surface area contributed by atoms with Crippen molar-refractivity contribution in [2.24, 2.45) is 0 Å². The van der Waals surface area contributed by atoms with Gasteiger partial charge in [0.25, 0.3) is 0 Å². The summed E-state index contributed by atoms with van der Waals surface area (Å²) in [5.74, 6) is 1.79. The van der Waals surface area contributed by atoms with Crippen molar-refractivity contribution in [1.29, 1.82) is 0 Å². The molecule has 1 fully saturated rings. The minimum absolute atomic E-state index is 0.0831. The first kappa shape index (κ1) is 13.3. The van der Waals surface area contributed by atoms with Crippen molar-refractivity contribution in [3.63, 3.8) is 0 Å². The van der Waals surface area contributed by atoms with E-state index >= 15 is 0 Å². The maximum absolute atomic E-state index is 12.7. The molecule has 1 aromatic carbocycles. The molecular formula is C16H21NO3. The highest BCUT2D eigenvalue weighted by atomic mass is 16.7. The fourth-order valence-electron chi connectivity index (χ4n) is 3.04. The number of hydrogen-bond donors (Lipinski definition) is 0. The molecule has 3 rings (SSSR count). The molecule has 0 N–H and O–H groups in total. The number of benzene rings is 1. The van der Waals surface area contributed by atoms with E-state index in [1.165, 1.54) is 0 Å². The minimum atomic E-state index is -0.0831. The number of carbonyl (C=O) groups is 1. The molecule has 1 atom stereocenters. The molecule has 0 spiro atoms. The van der Waals surface area contributed by atoms with Gasteiger partial charge in [0.05, 0.1) is 5.92 Å². The van der Waals surface area contributed by atoms with E-state index in [9.17, 15) is 4.79 Å². The van der Waals surface area contributed by atoms with E-state index in [-0.39, 0.29) is 18.6 Å². The van der Waals surface area contributed by atoms with Gasteiger partial charge in [-0.3, -0.25) is 4.79 Å². The van der Waals surface area contributed by atoms with Gasteiger partial charge in [0.15, 0.2) is 0 Å². The molecule has 4 heteroatoms. The number of ether oxygens (including phenoxy) is 2. The number of amides is 1. The lowest BCUT2D eigenvalue weighted by Gasteiger charge is -2.26. The molecule has 2 heterocycles. The van der Waals surface area contributed by atoms with Gasteiger partial charge in [-0.1, -0.05) is 19.4 Å². The molecule has 0 radical (unpaired) electrons. The average Bonchev–Trinajstić information content (AvgIpc) is 3.00. The molecule has 20 heavy (non-hydrogen) atoms. The lowest BCUT2D eigenvalue weighted by Crippen LogP contribution is -2.33. The number of nitrogens with zero attached hydrogens (tertiary/aromatic N) is 1. The largest absolute Gasteiger partial charge is 0.457 e. The summed E-state index contributed by atoms with van der Waals surface area (Å²) >= 11 is 0. The Morgan fingerprint density at radius 1 is 1.30 bits per heavy atom. The van der Waals surface area contributed by atoms with Gasteiger partial charge in [0.2, 0.25) is 12.7 Å². The van der Waals surface area contributed by atoms with Crippen LogP contribution in [0.4, 0.5) is 0 Å². The molecule has 2 bridgehead atoms. The van der Waals surface area contributed by atoms with Gasteiger partial charge >= 0.3 is 0 Å². The molecule has 1 unspecified atom stereocenters. The standard InChI is InChI=1S/C16H21NO3/c1-2-5-14(16(18)17-8-3-4-9-17)13-7-6-12-10-15(13)20-11-19-12/h6-7,10,14H,2-5,8-9,11H2,1H3. The Labute approximate surface area is 119 Å². The van der Waals surface area contributed by atoms with E-state index in [1.807, 2.05) is 23.1 Å². The Bertz CT molecular complexity index is 494. The smallest absolute Gasteiger partial charge is 0.230 e. The molecule has 0 saturated carbocycles. The molecule has 1 aromatic rings. The zero-order chi connectivity index (χ0) is 13.9. The highest BCUT2D eigenvalue weighted by molar-refractivity contribution is 5.85. The molecule has 4 nitrogen and oxygen atoms in total. The van der Waals surface area contributed by atoms with Crippen molar-refractivity contribution < 1.29 is 14.3 Å². The lowest BCUT2D eigenvalue weighted by molar-refractivity contribution is -0.132. The normalized spacial score (nSPS) is 18.4. The molecule has 0 aliphatic carbocycles. The summed E-state index contributed by atoms with van der Waals surface area (Å²) in [4.78, 5) is 14.7. The first-order chi connectivity index (χ1) is 9.79. The molecule has 1 saturated heterocycles. The summed E-state index contributed by atoms with van der Waals surface area (Å²) < 4.78 is 10.9. The minimum Gasteiger partial charge on any atom is -0.457 e. The van der Waals surface area contributed by atoms with Crippen molar-refractivity contribution in [3.8, 4) is 11.5 Å². The van der Waals surface area contributed by atoms with Crippen LogP contribution < -0.4 is 9.47 Å². The Morgan fingerprint density at radius 3 is 2.85 bits per heavy atom. The van der Waals surface area contributed by atoms with Crippen LogP contribution in [-0.2, 0) is 4.79 Å². The molecule has 0 aromatic heterocycles. The predicted molar refractivity (Wildman–Crippen MR) is 76.0 cm³/mol. The van der Waals surface area contributed by atoms with E-state index in [4.69, 9.17) is 9.47 Å². The third-order valence-corrected chi connectivity index (χ3v) is 4.09. The maximum atomic E-state index is 12.7. The van der Waals surface area contributed by atoms with Crippen LogP contribution in [0.25, 0.3) is 0 Å². The van der Waals surface area contributed by atoms with E-state index in [0.29, 0.717) is 0 Å². The van der Waals surface area contributed by atoms with E-state index < -0.39 is 0 Å². The van der Waals surface area contributed by atoms with Gasteiger partial charge in [0.1, 0.15) is 11.5 Å². The van der Waals surface area contributed by atoms with Crippen molar-refractivity contribution >= 4 is 5.91 Å². The number of hydrogen-bond acceptors (Lipinski definition) is 3. The predicted octanol–water partition coefficient (Wildman–Crippen LogP) is 2.92. The maximum Gasteiger partial charge on any atom is 0.230 e. The third-order valence-electron chi connectivity index (χ3n) is 4.09. The summed E-state index contributed by atoms with van der Waals surface area (Å²) in [6.45, 7) is 4.16. The van der Waals surface area contributed by atoms with Gasteiger partial charge in [-0.25, -0.2) is 0 Å². The fraction of sp³-hybridized carbons (Fsp3) is 0.562. The number of likely N-dealkylation sites (tertiary alicyclic amines) is 1. The highest BCUT2D eigenvalue weighted by Crippen LogP contribution is 2.36. The molecule has 1 amide bonds. The third kappa shape index (κ3) is 2.47. The van der Waals surface area contributed by atoms with Crippen LogP contribution in [0.1, 0.15) is 44.1 Å². The summed E-state index contributed by atoms with van der Waals surface area (Å²) in [7, 11) is 0. The molecule has 2 aliphatic heterocycles. The van der Waals surface area contributed by atoms with Gasteiger partial charge < -0.3 is 14.4 Å². The quantitative estimate of drug-likeness (QED) is 0.848. The van der Waals surface area contributed by atoms with Crippen LogP contribution in [0.15, 0.2) is 18.2 Å². The van der Waals surface area contributed by atoms with Crippen molar-refractivity contribution in [2.75, 3.05) is 19.9 Å². The van der Waals surface area contributed by atoms with Crippen LogP contribution >= 0.6 is 0 Å². The van der Waals surface area contributed by atoms with Crippen LogP contribution in [0.2, 0.25) is 0 Å². The van der Waals surface area contributed by atoms with E-state index in [0.717, 1.165) is 55.8 Å². The van der Waals surface area contributed by atoms with Crippen molar-refractivity contribution in [1.82, 2.24) is 4.90 Å². The first-order valence-corrected chi connectivity index (χ1v) is 7.48. The van der Waals surface area contributed by atoms with Gasteiger partial charge in [-0.05, 0) is 25.3 Å². The summed E-state index contributed by atoms with van der Waals surface area (Å²) in [6, 6.07) is 5.80. The van der Waals surface area contributed by atoms with Gasteiger partial charge in [0, 0.05) is 24.7 Å². The second kappa shape index (κ2) is 5.73. The van der Waals surface area contributed by atoms with Gasteiger partial charge in [-0.15, -0.1) is 0 Å². The Hall–Kier alpha value is -1.71. The zero-order valence-electron chi connectivity index (χ0n) is 11.9. The van der Waals surface area contributed by atoms with E-state index in [1.54, 1.807) is 0 Å². The lowest BCUT2D eigenvalue weighted by atomic mass is 9.92. The highest BCUT2D eigenvalue weighted by Gasteiger charge is 2.30. The SMILES string of the molecule is CCCC(C(=O)N1CCCC1)c1ccc2cc1OCO2. The molecule has 2 aliphatic rings. The summed E-state index contributed by atoms with van der Waals surface area (Å²) in [6.07, 6.45) is 4.11. The topological polar surface area (TPSA) is 38.8 Å². The fourth-order valence-corrected chi connectivity index (χ4v) is 3.04. The Morgan fingerprint density at radius 2 is 2.10 bits per heavy atom. The zero-order valence-corrected chi connectivity index (χ0v) is 11.9. The number of rotatable bonds is 4. The summed E-state index contributed by atoms with van der Waals surface area (Å²) in [5.41, 5.74) is 1.01. The second-order valence-electron chi connectivity index (χ2n) is 5.48. The Balaban J connectivity index is 1.88. The summed E-state index contributed by atoms with van der Waals surface area (Å²) in [5, 5.41) is 0. The van der Waals surface area contributed by atoms with Crippen LogP contribution in [-0.4, -0.2) is 30.7 Å². The van der Waals surface area contributed by atoms with E-state index in [2.05, 4.69) is 6.92 Å². The van der Waals surface area contributed by atoms with Crippen LogP contribution in [0, 0.1) is 0 Å². The van der Waals surface area contributed by atoms with Crippen LogP contribution in [0.5, 0.6) is 11.5 Å². The molecule has 108 valence electrons.